The second kappa shape index (κ2) is 9.15. The van der Waals surface area contributed by atoms with Crippen LogP contribution in [0, 0.1) is 11.8 Å². The summed E-state index contributed by atoms with van der Waals surface area (Å²) in [5.74, 6) is -1.00. The number of carbonyl (C=O) groups excluding carboxylic acids is 2. The highest BCUT2D eigenvalue weighted by Gasteiger charge is 2.33. The Morgan fingerprint density at radius 2 is 1.76 bits per heavy atom. The molecule has 0 unspecified atom stereocenters. The van der Waals surface area contributed by atoms with Crippen LogP contribution in [-0.2, 0) is 11.0 Å². The number of hydrogen-bond acceptors (Lipinski definition) is 3. The van der Waals surface area contributed by atoms with Crippen molar-refractivity contribution in [2.45, 2.75) is 63.6 Å². The molecule has 0 saturated heterocycles. The van der Waals surface area contributed by atoms with Gasteiger partial charge in [0.15, 0.2) is 0 Å². The van der Waals surface area contributed by atoms with E-state index in [2.05, 4.69) is 10.6 Å². The van der Waals surface area contributed by atoms with E-state index in [-0.39, 0.29) is 41.6 Å². The fourth-order valence-electron chi connectivity index (χ4n) is 4.28. The summed E-state index contributed by atoms with van der Waals surface area (Å²) in [5.41, 5.74) is -1.12. The monoisotopic (exact) mass is 412 g/mol. The molecular formula is C21H27F3N2O3. The molecule has 29 heavy (non-hydrogen) atoms. The highest BCUT2D eigenvalue weighted by molar-refractivity contribution is 5.98. The summed E-state index contributed by atoms with van der Waals surface area (Å²) in [6.07, 6.45) is 1.76. The van der Waals surface area contributed by atoms with Crippen LogP contribution in [0.3, 0.4) is 0 Å². The molecule has 2 aliphatic carbocycles. The molecule has 2 atom stereocenters. The Balaban J connectivity index is 1.77. The number of nitrogens with one attached hydrogen (secondary N) is 2. The molecule has 5 nitrogen and oxygen atoms in total. The third kappa shape index (κ3) is 5.72. The van der Waals surface area contributed by atoms with Crippen LogP contribution in [0.1, 0.15) is 67.3 Å². The maximum Gasteiger partial charge on any atom is 0.416 e. The summed E-state index contributed by atoms with van der Waals surface area (Å²) in [6.45, 7) is 0.0350. The SMILES string of the molecule is O=C(N[C@H]1CCC[C@@H](CO)C1)c1cc(NC(=O)C2CCCC2)cc(C(F)(F)F)c1. The molecule has 0 aliphatic heterocycles. The number of anilines is 1. The van der Waals surface area contributed by atoms with Crippen LogP contribution in [0.2, 0.25) is 0 Å². The molecule has 2 fully saturated rings. The predicted molar refractivity (Wildman–Crippen MR) is 102 cm³/mol. The zero-order chi connectivity index (χ0) is 21.0. The van der Waals surface area contributed by atoms with Crippen molar-refractivity contribution in [2.24, 2.45) is 11.8 Å². The van der Waals surface area contributed by atoms with Crippen molar-refractivity contribution >= 4 is 17.5 Å². The summed E-state index contributed by atoms with van der Waals surface area (Å²) in [7, 11) is 0. The quantitative estimate of drug-likeness (QED) is 0.681. The van der Waals surface area contributed by atoms with Crippen LogP contribution in [0.5, 0.6) is 0 Å². The van der Waals surface area contributed by atoms with Gasteiger partial charge in [-0.1, -0.05) is 19.3 Å². The minimum atomic E-state index is -4.63. The van der Waals surface area contributed by atoms with Gasteiger partial charge in [-0.25, -0.2) is 0 Å². The molecule has 8 heteroatoms. The minimum Gasteiger partial charge on any atom is -0.396 e. The molecule has 0 bridgehead atoms. The number of amides is 2. The van der Waals surface area contributed by atoms with Crippen molar-refractivity contribution in [1.29, 1.82) is 0 Å². The molecule has 2 aliphatic rings. The molecule has 160 valence electrons. The van der Waals surface area contributed by atoms with Gasteiger partial charge in [-0.2, -0.15) is 13.2 Å². The maximum atomic E-state index is 13.3. The van der Waals surface area contributed by atoms with Crippen LogP contribution < -0.4 is 10.6 Å². The van der Waals surface area contributed by atoms with Crippen molar-refractivity contribution in [3.63, 3.8) is 0 Å². The number of alkyl halides is 3. The van der Waals surface area contributed by atoms with Crippen LogP contribution in [-0.4, -0.2) is 29.6 Å². The summed E-state index contributed by atoms with van der Waals surface area (Å²) in [6, 6.07) is 2.79. The van der Waals surface area contributed by atoms with Gasteiger partial charge < -0.3 is 15.7 Å². The van der Waals surface area contributed by atoms with Crippen LogP contribution >= 0.6 is 0 Å². The highest BCUT2D eigenvalue weighted by Crippen LogP contribution is 2.33. The second-order valence-corrected chi connectivity index (χ2v) is 8.15. The lowest BCUT2D eigenvalue weighted by molar-refractivity contribution is -0.137. The topological polar surface area (TPSA) is 78.4 Å². The van der Waals surface area contributed by atoms with E-state index in [1.54, 1.807) is 0 Å². The first kappa shape index (κ1) is 21.6. The third-order valence-corrected chi connectivity index (χ3v) is 5.89. The summed E-state index contributed by atoms with van der Waals surface area (Å²) in [5, 5.41) is 14.7. The number of hydrogen-bond donors (Lipinski definition) is 3. The van der Waals surface area contributed by atoms with E-state index < -0.39 is 17.6 Å². The van der Waals surface area contributed by atoms with E-state index in [9.17, 15) is 27.9 Å². The Labute approximate surface area is 168 Å². The fourth-order valence-corrected chi connectivity index (χ4v) is 4.28. The summed E-state index contributed by atoms with van der Waals surface area (Å²) < 4.78 is 40.0. The third-order valence-electron chi connectivity index (χ3n) is 5.89. The van der Waals surface area contributed by atoms with Crippen molar-refractivity contribution in [3.05, 3.63) is 29.3 Å². The predicted octanol–water partition coefficient (Wildman–Crippen LogP) is 4.12. The van der Waals surface area contributed by atoms with Crippen molar-refractivity contribution in [1.82, 2.24) is 5.32 Å². The average molecular weight is 412 g/mol. The molecule has 0 spiro atoms. The van der Waals surface area contributed by atoms with Crippen LogP contribution in [0.15, 0.2) is 18.2 Å². The largest absolute Gasteiger partial charge is 0.416 e. The number of aliphatic hydroxyl groups is 1. The maximum absolute atomic E-state index is 13.3. The van der Waals surface area contributed by atoms with Crippen LogP contribution in [0.4, 0.5) is 18.9 Å². The van der Waals surface area contributed by atoms with Gasteiger partial charge in [0.2, 0.25) is 5.91 Å². The molecule has 1 aromatic carbocycles. The number of benzene rings is 1. The van der Waals surface area contributed by atoms with E-state index in [4.69, 9.17) is 0 Å². The number of carbonyl (C=O) groups is 2. The van der Waals surface area contributed by atoms with E-state index in [0.717, 1.165) is 57.1 Å². The Hall–Kier alpha value is -2.09. The van der Waals surface area contributed by atoms with E-state index in [1.807, 2.05) is 0 Å². The molecule has 2 saturated carbocycles. The smallest absolute Gasteiger partial charge is 0.396 e. The zero-order valence-corrected chi connectivity index (χ0v) is 16.2. The Kier molecular flexibility index (Phi) is 6.82. The first-order chi connectivity index (χ1) is 13.8. The lowest BCUT2D eigenvalue weighted by Gasteiger charge is -2.28. The average Bonchev–Trinajstić information content (AvgIpc) is 3.22. The summed E-state index contributed by atoms with van der Waals surface area (Å²) >= 11 is 0. The molecular weight excluding hydrogens is 385 g/mol. The van der Waals surface area contributed by atoms with Gasteiger partial charge >= 0.3 is 6.18 Å². The fraction of sp³-hybridized carbons (Fsp3) is 0.619. The van der Waals surface area contributed by atoms with Crippen molar-refractivity contribution in [2.75, 3.05) is 11.9 Å². The molecule has 3 rings (SSSR count). The molecule has 3 N–H and O–H groups in total. The highest BCUT2D eigenvalue weighted by atomic mass is 19.4. The molecule has 0 heterocycles. The van der Waals surface area contributed by atoms with Gasteiger partial charge in [0.25, 0.3) is 5.91 Å². The van der Waals surface area contributed by atoms with Gasteiger partial charge in [0.1, 0.15) is 0 Å². The molecule has 0 radical (unpaired) electrons. The van der Waals surface area contributed by atoms with Crippen molar-refractivity contribution < 1.29 is 27.9 Å². The normalized spacial score (nSPS) is 23.0. The van der Waals surface area contributed by atoms with Gasteiger partial charge in [-0.05, 0) is 56.2 Å². The Morgan fingerprint density at radius 1 is 1.03 bits per heavy atom. The number of aliphatic hydroxyl groups excluding tert-OH is 1. The lowest BCUT2D eigenvalue weighted by Crippen LogP contribution is -2.39. The molecule has 2 amide bonds. The minimum absolute atomic E-state index is 0.0150. The van der Waals surface area contributed by atoms with E-state index >= 15 is 0 Å². The van der Waals surface area contributed by atoms with Gasteiger partial charge in [-0.15, -0.1) is 0 Å². The van der Waals surface area contributed by atoms with Gasteiger partial charge in [0.05, 0.1) is 5.56 Å². The zero-order valence-electron chi connectivity index (χ0n) is 16.2. The van der Waals surface area contributed by atoms with Crippen molar-refractivity contribution in [3.8, 4) is 0 Å². The van der Waals surface area contributed by atoms with Gasteiger partial charge in [0, 0.05) is 29.8 Å². The number of halogens is 3. The van der Waals surface area contributed by atoms with E-state index in [1.165, 1.54) is 6.07 Å². The summed E-state index contributed by atoms with van der Waals surface area (Å²) in [4.78, 5) is 25.0. The number of rotatable bonds is 5. The molecule has 0 aromatic heterocycles. The Bertz CT molecular complexity index is 745. The first-order valence-electron chi connectivity index (χ1n) is 10.2. The Morgan fingerprint density at radius 3 is 2.41 bits per heavy atom. The van der Waals surface area contributed by atoms with Gasteiger partial charge in [-0.3, -0.25) is 9.59 Å². The molecule has 1 aromatic rings. The lowest BCUT2D eigenvalue weighted by atomic mass is 9.86. The standard InChI is InChI=1S/C21H27F3N2O3/c22-21(23,24)16-9-15(20(29)25-17-7-3-4-13(8-17)12-27)10-18(11-16)26-19(28)14-5-1-2-6-14/h9-11,13-14,17,27H,1-8,12H2,(H,25,29)(H,26,28)/t13-,17+/m1/s1. The van der Waals surface area contributed by atoms with Crippen LogP contribution in [0.25, 0.3) is 0 Å². The first-order valence-corrected chi connectivity index (χ1v) is 10.2. The second-order valence-electron chi connectivity index (χ2n) is 8.15. The van der Waals surface area contributed by atoms with E-state index in [0.29, 0.717) is 6.42 Å².